The van der Waals surface area contributed by atoms with E-state index < -0.39 is 0 Å². The maximum Gasteiger partial charge on any atom is 0.141 e. The van der Waals surface area contributed by atoms with E-state index in [4.69, 9.17) is 0 Å². The first-order valence-electron chi connectivity index (χ1n) is 7.51. The van der Waals surface area contributed by atoms with Gasteiger partial charge >= 0.3 is 0 Å². The number of aromatic nitrogens is 3. The van der Waals surface area contributed by atoms with Crippen molar-refractivity contribution in [3.8, 4) is 0 Å². The lowest BCUT2D eigenvalue weighted by Crippen LogP contribution is -2.37. The Kier molecular flexibility index (Phi) is 5.34. The molecule has 0 saturated carbocycles. The highest BCUT2D eigenvalue weighted by molar-refractivity contribution is 4.87. The summed E-state index contributed by atoms with van der Waals surface area (Å²) >= 11 is 0. The van der Waals surface area contributed by atoms with Gasteiger partial charge in [0.2, 0.25) is 0 Å². The summed E-state index contributed by atoms with van der Waals surface area (Å²) in [4.78, 5) is 6.94. The largest absolute Gasteiger partial charge is 0.313 e. The van der Waals surface area contributed by atoms with Crippen LogP contribution in [-0.2, 0) is 13.1 Å². The second-order valence-electron chi connectivity index (χ2n) is 5.90. The van der Waals surface area contributed by atoms with Crippen LogP contribution in [-0.4, -0.2) is 45.3 Å². The van der Waals surface area contributed by atoms with Crippen molar-refractivity contribution >= 4 is 0 Å². The van der Waals surface area contributed by atoms with E-state index >= 15 is 0 Å². The quantitative estimate of drug-likeness (QED) is 0.876. The van der Waals surface area contributed by atoms with Crippen molar-refractivity contribution in [1.82, 2.24) is 25.0 Å². The van der Waals surface area contributed by atoms with Gasteiger partial charge in [0.15, 0.2) is 0 Å². The number of rotatable bonds is 5. The van der Waals surface area contributed by atoms with Gasteiger partial charge < -0.3 is 5.32 Å². The minimum absolute atomic E-state index is 0.606. The van der Waals surface area contributed by atoms with Gasteiger partial charge in [-0.25, -0.2) is 9.67 Å². The molecule has 0 spiro atoms. The molecule has 2 rings (SSSR count). The fourth-order valence-corrected chi connectivity index (χ4v) is 2.60. The molecule has 1 aliphatic rings. The molecule has 1 aromatic heterocycles. The third kappa shape index (κ3) is 4.28. The van der Waals surface area contributed by atoms with Crippen LogP contribution >= 0.6 is 0 Å². The normalized spacial score (nSPS) is 21.8. The Morgan fingerprint density at radius 3 is 3.05 bits per heavy atom. The van der Waals surface area contributed by atoms with Gasteiger partial charge in [0.1, 0.15) is 12.2 Å². The SMILES string of the molecule is CCC1CN(Cc2ncnn2CC(C)C)CCCN1. The molecular formula is C14H27N5. The van der Waals surface area contributed by atoms with Crippen molar-refractivity contribution in [1.29, 1.82) is 0 Å². The maximum atomic E-state index is 4.43. The van der Waals surface area contributed by atoms with Crippen LogP contribution in [0.3, 0.4) is 0 Å². The summed E-state index contributed by atoms with van der Waals surface area (Å²) in [6, 6.07) is 0.615. The number of nitrogens with one attached hydrogen (secondary N) is 1. The highest BCUT2D eigenvalue weighted by Gasteiger charge is 2.18. The molecule has 1 unspecified atom stereocenters. The van der Waals surface area contributed by atoms with Crippen LogP contribution in [0.5, 0.6) is 0 Å². The molecule has 0 bridgehead atoms. The Hall–Kier alpha value is -0.940. The molecule has 1 saturated heterocycles. The van der Waals surface area contributed by atoms with Crippen molar-refractivity contribution in [3.05, 3.63) is 12.2 Å². The first-order chi connectivity index (χ1) is 9.19. The first kappa shape index (κ1) is 14.5. The predicted octanol–water partition coefficient (Wildman–Crippen LogP) is 1.51. The third-order valence-corrected chi connectivity index (χ3v) is 3.65. The fraction of sp³-hybridized carbons (Fsp3) is 0.857. The van der Waals surface area contributed by atoms with Gasteiger partial charge in [-0.1, -0.05) is 20.8 Å². The average molecular weight is 265 g/mol. The predicted molar refractivity (Wildman–Crippen MR) is 76.8 cm³/mol. The summed E-state index contributed by atoms with van der Waals surface area (Å²) < 4.78 is 2.06. The minimum atomic E-state index is 0.606. The fourth-order valence-electron chi connectivity index (χ4n) is 2.60. The van der Waals surface area contributed by atoms with E-state index in [0.29, 0.717) is 12.0 Å². The first-order valence-corrected chi connectivity index (χ1v) is 7.51. The number of nitrogens with zero attached hydrogens (tertiary/aromatic N) is 4. The van der Waals surface area contributed by atoms with Gasteiger partial charge in [0.05, 0.1) is 6.54 Å². The lowest BCUT2D eigenvalue weighted by atomic mass is 10.2. The standard InChI is InChI=1S/C14H27N5/c1-4-13-9-18(7-5-6-15-13)10-14-16-11-17-19(14)8-12(2)3/h11-13,15H,4-10H2,1-3H3. The van der Waals surface area contributed by atoms with Gasteiger partial charge in [0, 0.05) is 19.1 Å². The minimum Gasteiger partial charge on any atom is -0.313 e. The molecule has 1 aliphatic heterocycles. The Morgan fingerprint density at radius 1 is 1.47 bits per heavy atom. The topological polar surface area (TPSA) is 46.0 Å². The molecule has 2 heterocycles. The monoisotopic (exact) mass is 265 g/mol. The van der Waals surface area contributed by atoms with Crippen molar-refractivity contribution in [2.45, 2.75) is 52.7 Å². The van der Waals surface area contributed by atoms with Crippen molar-refractivity contribution in [2.24, 2.45) is 5.92 Å². The summed E-state index contributed by atoms with van der Waals surface area (Å²) in [7, 11) is 0. The summed E-state index contributed by atoms with van der Waals surface area (Å²) in [6.45, 7) is 12.0. The van der Waals surface area contributed by atoms with E-state index in [1.807, 2.05) is 0 Å². The summed E-state index contributed by atoms with van der Waals surface area (Å²) in [5.74, 6) is 1.71. The van der Waals surface area contributed by atoms with Gasteiger partial charge in [-0.15, -0.1) is 0 Å². The number of hydrogen-bond acceptors (Lipinski definition) is 4. The smallest absolute Gasteiger partial charge is 0.141 e. The molecule has 5 heteroatoms. The zero-order chi connectivity index (χ0) is 13.7. The Labute approximate surface area is 116 Å². The van der Waals surface area contributed by atoms with E-state index in [1.54, 1.807) is 6.33 Å². The van der Waals surface area contributed by atoms with E-state index in [1.165, 1.54) is 12.8 Å². The van der Waals surface area contributed by atoms with E-state index in [-0.39, 0.29) is 0 Å². The van der Waals surface area contributed by atoms with Crippen LogP contribution < -0.4 is 5.32 Å². The van der Waals surface area contributed by atoms with Gasteiger partial charge in [-0.2, -0.15) is 5.10 Å². The van der Waals surface area contributed by atoms with Gasteiger partial charge in [0.25, 0.3) is 0 Å². The Bertz CT molecular complexity index is 374. The summed E-state index contributed by atoms with van der Waals surface area (Å²) in [5, 5.41) is 7.95. The lowest BCUT2D eigenvalue weighted by Gasteiger charge is -2.23. The summed E-state index contributed by atoms with van der Waals surface area (Å²) in [5.41, 5.74) is 0. The summed E-state index contributed by atoms with van der Waals surface area (Å²) in [6.07, 6.45) is 4.09. The van der Waals surface area contributed by atoms with Gasteiger partial charge in [-0.3, -0.25) is 4.90 Å². The molecule has 19 heavy (non-hydrogen) atoms. The molecule has 1 aromatic rings. The highest BCUT2D eigenvalue weighted by Crippen LogP contribution is 2.09. The van der Waals surface area contributed by atoms with E-state index in [9.17, 15) is 0 Å². The lowest BCUT2D eigenvalue weighted by molar-refractivity contribution is 0.245. The van der Waals surface area contributed by atoms with Crippen LogP contribution in [0.15, 0.2) is 6.33 Å². The Balaban J connectivity index is 1.97. The zero-order valence-corrected chi connectivity index (χ0v) is 12.5. The van der Waals surface area contributed by atoms with Crippen LogP contribution in [0, 0.1) is 5.92 Å². The van der Waals surface area contributed by atoms with Gasteiger partial charge in [-0.05, 0) is 31.8 Å². The number of hydrogen-bond donors (Lipinski definition) is 1. The molecule has 0 aromatic carbocycles. The molecule has 5 nitrogen and oxygen atoms in total. The van der Waals surface area contributed by atoms with E-state index in [0.717, 1.165) is 38.5 Å². The second kappa shape index (κ2) is 7.01. The zero-order valence-electron chi connectivity index (χ0n) is 12.5. The molecule has 0 radical (unpaired) electrons. The van der Waals surface area contributed by atoms with Crippen LogP contribution in [0.25, 0.3) is 0 Å². The van der Waals surface area contributed by atoms with E-state index in [2.05, 4.69) is 45.8 Å². The van der Waals surface area contributed by atoms with Crippen molar-refractivity contribution < 1.29 is 0 Å². The molecule has 108 valence electrons. The second-order valence-corrected chi connectivity index (χ2v) is 5.90. The van der Waals surface area contributed by atoms with Crippen LogP contribution in [0.1, 0.15) is 39.4 Å². The molecular weight excluding hydrogens is 238 g/mol. The maximum absolute atomic E-state index is 4.43. The molecule has 0 amide bonds. The molecule has 1 fully saturated rings. The Morgan fingerprint density at radius 2 is 2.32 bits per heavy atom. The molecule has 0 aliphatic carbocycles. The third-order valence-electron chi connectivity index (χ3n) is 3.65. The van der Waals surface area contributed by atoms with Crippen LogP contribution in [0.4, 0.5) is 0 Å². The highest BCUT2D eigenvalue weighted by atomic mass is 15.3. The molecule has 1 atom stereocenters. The van der Waals surface area contributed by atoms with Crippen molar-refractivity contribution in [2.75, 3.05) is 19.6 Å². The average Bonchev–Trinajstić information content (AvgIpc) is 2.66. The van der Waals surface area contributed by atoms with Crippen LogP contribution in [0.2, 0.25) is 0 Å². The molecule has 1 N–H and O–H groups in total. The van der Waals surface area contributed by atoms with Crippen molar-refractivity contribution in [3.63, 3.8) is 0 Å².